The van der Waals surface area contributed by atoms with E-state index >= 15 is 0 Å². The molecule has 0 amide bonds. The predicted octanol–water partition coefficient (Wildman–Crippen LogP) is 3.80. The molecular formula is C15H10O3. The number of hydrogen-bond acceptors (Lipinski definition) is 2. The highest BCUT2D eigenvalue weighted by atomic mass is 16.4. The minimum Gasteiger partial charge on any atom is -0.478 e. The summed E-state index contributed by atoms with van der Waals surface area (Å²) in [5, 5.41) is 9.99. The molecule has 3 heteroatoms. The molecule has 3 aromatic rings. The first-order valence-electron chi connectivity index (χ1n) is 5.55. The third kappa shape index (κ3) is 1.76. The molecule has 0 aliphatic carbocycles. The molecule has 18 heavy (non-hydrogen) atoms. The van der Waals surface area contributed by atoms with Gasteiger partial charge in [0.05, 0.1) is 11.8 Å². The van der Waals surface area contributed by atoms with Gasteiger partial charge in [0.15, 0.2) is 0 Å². The lowest BCUT2D eigenvalue weighted by atomic mass is 10.0. The molecule has 88 valence electrons. The van der Waals surface area contributed by atoms with E-state index in [0.29, 0.717) is 5.56 Å². The molecule has 0 fully saturated rings. The summed E-state index contributed by atoms with van der Waals surface area (Å²) in [5.74, 6) is -0.916. The van der Waals surface area contributed by atoms with Crippen LogP contribution < -0.4 is 0 Å². The lowest BCUT2D eigenvalue weighted by molar-refractivity contribution is 0.0697. The van der Waals surface area contributed by atoms with Gasteiger partial charge in [-0.1, -0.05) is 18.2 Å². The van der Waals surface area contributed by atoms with Gasteiger partial charge in [0.2, 0.25) is 0 Å². The Balaban J connectivity index is 2.13. The number of hydrogen-bond donors (Lipinski definition) is 1. The lowest BCUT2D eigenvalue weighted by Gasteiger charge is -2.03. The molecule has 0 atom stereocenters. The molecule has 2 aromatic carbocycles. The maximum atomic E-state index is 10.9. The number of carboxylic acids is 1. The second-order valence-electron chi connectivity index (χ2n) is 4.06. The zero-order chi connectivity index (χ0) is 12.5. The Morgan fingerprint density at radius 3 is 2.67 bits per heavy atom. The normalized spacial score (nSPS) is 10.7. The van der Waals surface area contributed by atoms with Crippen LogP contribution in [-0.2, 0) is 0 Å². The van der Waals surface area contributed by atoms with Crippen molar-refractivity contribution in [3.05, 3.63) is 60.4 Å². The van der Waals surface area contributed by atoms with Gasteiger partial charge in [-0.2, -0.15) is 0 Å². The summed E-state index contributed by atoms with van der Waals surface area (Å²) in [7, 11) is 0. The molecule has 0 bridgehead atoms. The smallest absolute Gasteiger partial charge is 0.335 e. The Hall–Kier alpha value is -2.55. The number of carbonyl (C=O) groups is 1. The second kappa shape index (κ2) is 4.04. The largest absolute Gasteiger partial charge is 0.478 e. The van der Waals surface area contributed by atoms with Crippen molar-refractivity contribution >= 4 is 16.9 Å². The van der Waals surface area contributed by atoms with Crippen molar-refractivity contribution in [2.24, 2.45) is 0 Å². The SMILES string of the molecule is O=C(O)c1cccc(-c2ccc3occc3c2)c1. The Bertz CT molecular complexity index is 725. The highest BCUT2D eigenvalue weighted by Gasteiger charge is 2.06. The molecule has 0 saturated heterocycles. The quantitative estimate of drug-likeness (QED) is 0.738. The first-order valence-corrected chi connectivity index (χ1v) is 5.55. The molecule has 0 unspecified atom stereocenters. The third-order valence-corrected chi connectivity index (χ3v) is 2.90. The molecule has 0 aliphatic heterocycles. The van der Waals surface area contributed by atoms with Crippen molar-refractivity contribution in [2.75, 3.05) is 0 Å². The number of aromatic carboxylic acids is 1. The van der Waals surface area contributed by atoms with E-state index < -0.39 is 5.97 Å². The molecule has 3 nitrogen and oxygen atoms in total. The Labute approximate surface area is 103 Å². The van der Waals surface area contributed by atoms with Crippen LogP contribution in [0.5, 0.6) is 0 Å². The Morgan fingerprint density at radius 1 is 1.00 bits per heavy atom. The van der Waals surface area contributed by atoms with Gasteiger partial charge >= 0.3 is 5.97 Å². The molecule has 1 N–H and O–H groups in total. The van der Waals surface area contributed by atoms with Crippen LogP contribution in [0.3, 0.4) is 0 Å². The average molecular weight is 238 g/mol. The monoisotopic (exact) mass is 238 g/mol. The number of rotatable bonds is 2. The first kappa shape index (κ1) is 10.6. The molecule has 0 radical (unpaired) electrons. The summed E-state index contributed by atoms with van der Waals surface area (Å²) in [6, 6.07) is 14.6. The lowest BCUT2D eigenvalue weighted by Crippen LogP contribution is -1.95. The van der Waals surface area contributed by atoms with E-state index in [0.717, 1.165) is 22.1 Å². The van der Waals surface area contributed by atoms with Gasteiger partial charge < -0.3 is 9.52 Å². The number of furan rings is 1. The fourth-order valence-electron chi connectivity index (χ4n) is 1.98. The van der Waals surface area contributed by atoms with Crippen LogP contribution in [0.4, 0.5) is 0 Å². The molecule has 0 saturated carbocycles. The average Bonchev–Trinajstić information content (AvgIpc) is 2.86. The highest BCUT2D eigenvalue weighted by Crippen LogP contribution is 2.25. The standard InChI is InChI=1S/C15H10O3/c16-15(17)13-3-1-2-10(9-13)11-4-5-14-12(8-11)6-7-18-14/h1-9H,(H,16,17). The Kier molecular flexibility index (Phi) is 2.38. The summed E-state index contributed by atoms with van der Waals surface area (Å²) >= 11 is 0. The van der Waals surface area contributed by atoms with Crippen molar-refractivity contribution in [2.45, 2.75) is 0 Å². The zero-order valence-corrected chi connectivity index (χ0v) is 9.46. The molecule has 1 aromatic heterocycles. The number of benzene rings is 2. The van der Waals surface area contributed by atoms with E-state index in [-0.39, 0.29) is 0 Å². The number of carboxylic acid groups (broad SMARTS) is 1. The van der Waals surface area contributed by atoms with Crippen molar-refractivity contribution in [3.8, 4) is 11.1 Å². The van der Waals surface area contributed by atoms with E-state index in [1.807, 2.05) is 30.3 Å². The van der Waals surface area contributed by atoms with Crippen LogP contribution in [0.2, 0.25) is 0 Å². The predicted molar refractivity (Wildman–Crippen MR) is 68.6 cm³/mol. The molecule has 3 rings (SSSR count). The topological polar surface area (TPSA) is 50.4 Å². The van der Waals surface area contributed by atoms with Crippen molar-refractivity contribution in [1.29, 1.82) is 0 Å². The fraction of sp³-hybridized carbons (Fsp3) is 0. The first-order chi connectivity index (χ1) is 8.74. The third-order valence-electron chi connectivity index (χ3n) is 2.90. The van der Waals surface area contributed by atoms with E-state index in [1.54, 1.807) is 24.5 Å². The van der Waals surface area contributed by atoms with Crippen molar-refractivity contribution < 1.29 is 14.3 Å². The fourth-order valence-corrected chi connectivity index (χ4v) is 1.98. The minimum atomic E-state index is -0.916. The molecular weight excluding hydrogens is 228 g/mol. The zero-order valence-electron chi connectivity index (χ0n) is 9.46. The van der Waals surface area contributed by atoms with Crippen molar-refractivity contribution in [1.82, 2.24) is 0 Å². The van der Waals surface area contributed by atoms with Crippen molar-refractivity contribution in [3.63, 3.8) is 0 Å². The minimum absolute atomic E-state index is 0.291. The van der Waals surface area contributed by atoms with Crippen LogP contribution >= 0.6 is 0 Å². The molecule has 0 spiro atoms. The van der Waals surface area contributed by atoms with Gasteiger partial charge in [0.1, 0.15) is 5.58 Å². The van der Waals surface area contributed by atoms with Crippen LogP contribution in [0.25, 0.3) is 22.1 Å². The second-order valence-corrected chi connectivity index (χ2v) is 4.06. The maximum Gasteiger partial charge on any atom is 0.335 e. The summed E-state index contributed by atoms with van der Waals surface area (Å²) in [6.45, 7) is 0. The van der Waals surface area contributed by atoms with E-state index in [4.69, 9.17) is 9.52 Å². The van der Waals surface area contributed by atoms with Gasteiger partial charge in [0, 0.05) is 5.39 Å². The summed E-state index contributed by atoms with van der Waals surface area (Å²) in [5.41, 5.74) is 2.98. The highest BCUT2D eigenvalue weighted by molar-refractivity contribution is 5.90. The molecule has 0 aliphatic rings. The van der Waals surface area contributed by atoms with Gasteiger partial charge in [0.25, 0.3) is 0 Å². The van der Waals surface area contributed by atoms with Crippen LogP contribution in [0.1, 0.15) is 10.4 Å². The van der Waals surface area contributed by atoms with E-state index in [1.165, 1.54) is 0 Å². The maximum absolute atomic E-state index is 10.9. The number of fused-ring (bicyclic) bond motifs is 1. The van der Waals surface area contributed by atoms with E-state index in [9.17, 15) is 4.79 Å². The summed E-state index contributed by atoms with van der Waals surface area (Å²) in [4.78, 5) is 10.9. The van der Waals surface area contributed by atoms with Gasteiger partial charge in [-0.05, 0) is 41.5 Å². The summed E-state index contributed by atoms with van der Waals surface area (Å²) in [6.07, 6.45) is 1.64. The van der Waals surface area contributed by atoms with Crippen LogP contribution in [0.15, 0.2) is 59.2 Å². The Morgan fingerprint density at radius 2 is 1.83 bits per heavy atom. The van der Waals surface area contributed by atoms with Gasteiger partial charge in [-0.25, -0.2) is 4.79 Å². The van der Waals surface area contributed by atoms with Crippen LogP contribution in [-0.4, -0.2) is 11.1 Å². The van der Waals surface area contributed by atoms with Gasteiger partial charge in [-0.3, -0.25) is 0 Å². The van der Waals surface area contributed by atoms with E-state index in [2.05, 4.69) is 0 Å². The summed E-state index contributed by atoms with van der Waals surface area (Å²) < 4.78 is 5.28. The van der Waals surface area contributed by atoms with Gasteiger partial charge in [-0.15, -0.1) is 0 Å². The van der Waals surface area contributed by atoms with Crippen LogP contribution in [0, 0.1) is 0 Å². The molecule has 1 heterocycles.